The highest BCUT2D eigenvalue weighted by molar-refractivity contribution is 5.20. The van der Waals surface area contributed by atoms with E-state index < -0.39 is 6.10 Å². The van der Waals surface area contributed by atoms with Gasteiger partial charge in [-0.3, -0.25) is 9.88 Å². The van der Waals surface area contributed by atoms with E-state index in [1.54, 1.807) is 6.20 Å². The summed E-state index contributed by atoms with van der Waals surface area (Å²) < 4.78 is 6.07. The van der Waals surface area contributed by atoms with Crippen LogP contribution < -0.4 is 0 Å². The number of ether oxygens (including phenoxy) is 1. The number of nitrogens with zero attached hydrogens (tertiary/aromatic N) is 2. The van der Waals surface area contributed by atoms with E-state index in [2.05, 4.69) is 55.8 Å². The van der Waals surface area contributed by atoms with E-state index in [0.717, 1.165) is 57.4 Å². The number of likely N-dealkylation sites (tertiary alicyclic amines) is 1. The number of aliphatic hydroxyl groups excluding tert-OH is 1. The van der Waals surface area contributed by atoms with Crippen LogP contribution in [-0.4, -0.2) is 46.8 Å². The number of hydrogen-bond donors (Lipinski definition) is 1. The third-order valence-electron chi connectivity index (χ3n) is 6.98. The molecule has 2 aliphatic rings. The second kappa shape index (κ2) is 10.2. The summed E-state index contributed by atoms with van der Waals surface area (Å²) in [5, 5.41) is 11.6. The van der Waals surface area contributed by atoms with Crippen LogP contribution in [0.2, 0.25) is 0 Å². The summed E-state index contributed by atoms with van der Waals surface area (Å²) in [4.78, 5) is 7.09. The zero-order valence-corrected chi connectivity index (χ0v) is 19.3. The zero-order chi connectivity index (χ0) is 21.6. The summed E-state index contributed by atoms with van der Waals surface area (Å²) in [6, 6.07) is 5.87. The maximum absolute atomic E-state index is 11.6. The van der Waals surface area contributed by atoms with Crippen LogP contribution in [0.4, 0.5) is 0 Å². The van der Waals surface area contributed by atoms with Crippen LogP contribution in [0, 0.1) is 11.3 Å². The highest BCUT2D eigenvalue weighted by atomic mass is 16.5. The second-order valence-electron chi connectivity index (χ2n) is 9.66. The summed E-state index contributed by atoms with van der Waals surface area (Å²) in [6.45, 7) is 12.5. The Bertz CT molecular complexity index is 720. The lowest BCUT2D eigenvalue weighted by Gasteiger charge is -2.53. The van der Waals surface area contributed by atoms with Gasteiger partial charge in [0.15, 0.2) is 0 Å². The first kappa shape index (κ1) is 23.2. The maximum atomic E-state index is 11.6. The molecule has 0 aliphatic carbocycles. The molecule has 166 valence electrons. The van der Waals surface area contributed by atoms with Crippen molar-refractivity contribution in [2.75, 3.05) is 26.2 Å². The van der Waals surface area contributed by atoms with Gasteiger partial charge in [-0.2, -0.15) is 0 Å². The summed E-state index contributed by atoms with van der Waals surface area (Å²) in [5.74, 6) is 0.481. The van der Waals surface area contributed by atoms with Gasteiger partial charge in [-0.15, -0.1) is 0 Å². The first-order valence-electron chi connectivity index (χ1n) is 11.7. The largest absolute Gasteiger partial charge is 0.386 e. The zero-order valence-electron chi connectivity index (χ0n) is 19.3. The predicted molar refractivity (Wildman–Crippen MR) is 123 cm³/mol. The molecule has 30 heavy (non-hydrogen) atoms. The maximum Gasteiger partial charge on any atom is 0.102 e. The molecule has 2 aliphatic heterocycles. The Morgan fingerprint density at radius 1 is 1.33 bits per heavy atom. The van der Waals surface area contributed by atoms with Crippen LogP contribution in [0.5, 0.6) is 0 Å². The summed E-state index contributed by atoms with van der Waals surface area (Å²) in [7, 11) is 0. The van der Waals surface area contributed by atoms with Crippen molar-refractivity contribution in [3.63, 3.8) is 0 Å². The second-order valence-corrected chi connectivity index (χ2v) is 9.66. The Kier molecular flexibility index (Phi) is 7.89. The number of allylic oxidation sites excluding steroid dienone is 2. The van der Waals surface area contributed by atoms with Crippen molar-refractivity contribution in [1.82, 2.24) is 9.88 Å². The van der Waals surface area contributed by atoms with E-state index in [4.69, 9.17) is 4.74 Å². The van der Waals surface area contributed by atoms with Crippen LogP contribution in [-0.2, 0) is 4.74 Å². The van der Waals surface area contributed by atoms with Gasteiger partial charge >= 0.3 is 0 Å². The molecule has 0 radical (unpaired) electrons. The molecule has 3 rings (SSSR count). The number of aliphatic hydroxyl groups is 1. The van der Waals surface area contributed by atoms with E-state index >= 15 is 0 Å². The van der Waals surface area contributed by atoms with Gasteiger partial charge in [0.05, 0.1) is 11.3 Å². The average Bonchev–Trinajstić information content (AvgIpc) is 2.74. The SMILES string of the molecule is C/C=C\C(=C/CC)CN1CCC(C2(C(O)c3ccccn3)CCOC(C)(C)C2)CC1. The highest BCUT2D eigenvalue weighted by Gasteiger charge is 2.51. The topological polar surface area (TPSA) is 45.6 Å². The van der Waals surface area contributed by atoms with Gasteiger partial charge in [-0.05, 0) is 89.6 Å². The predicted octanol–water partition coefficient (Wildman–Crippen LogP) is 5.31. The van der Waals surface area contributed by atoms with Crippen molar-refractivity contribution < 1.29 is 9.84 Å². The Hall–Kier alpha value is -1.49. The smallest absolute Gasteiger partial charge is 0.102 e. The van der Waals surface area contributed by atoms with E-state index in [9.17, 15) is 5.11 Å². The van der Waals surface area contributed by atoms with E-state index in [1.165, 1.54) is 5.57 Å². The molecule has 0 saturated carbocycles. The standard InChI is InChI=1S/C26H40N2O2/c1-5-9-21(10-6-2)19-28-16-12-22(13-17-28)26(14-18-30-25(3,4)20-26)24(29)23-11-7-8-15-27-23/h5,7-11,15,22,24,29H,6,12-14,16-20H2,1-4H3/b9-5-,21-10+. The van der Waals surface area contributed by atoms with Crippen molar-refractivity contribution in [2.45, 2.75) is 71.5 Å². The molecule has 0 bridgehead atoms. The minimum absolute atomic E-state index is 0.173. The van der Waals surface area contributed by atoms with Gasteiger partial charge in [-0.1, -0.05) is 31.2 Å². The van der Waals surface area contributed by atoms with Gasteiger partial charge in [-0.25, -0.2) is 0 Å². The van der Waals surface area contributed by atoms with Crippen molar-refractivity contribution in [3.05, 3.63) is 53.9 Å². The van der Waals surface area contributed by atoms with Gasteiger partial charge in [0, 0.05) is 24.8 Å². The molecular weight excluding hydrogens is 372 g/mol. The number of hydrogen-bond acceptors (Lipinski definition) is 4. The van der Waals surface area contributed by atoms with Crippen molar-refractivity contribution in [1.29, 1.82) is 0 Å². The molecule has 1 N–H and O–H groups in total. The number of rotatable bonds is 7. The van der Waals surface area contributed by atoms with Crippen molar-refractivity contribution >= 4 is 0 Å². The van der Waals surface area contributed by atoms with E-state index in [1.807, 2.05) is 18.2 Å². The van der Waals surface area contributed by atoms with Crippen molar-refractivity contribution in [2.24, 2.45) is 11.3 Å². The van der Waals surface area contributed by atoms with Crippen LogP contribution in [0.1, 0.15) is 71.6 Å². The minimum atomic E-state index is -0.544. The molecule has 3 heterocycles. The third kappa shape index (κ3) is 5.40. The molecule has 2 saturated heterocycles. The lowest BCUT2D eigenvalue weighted by Crippen LogP contribution is -2.51. The van der Waals surface area contributed by atoms with Crippen LogP contribution in [0.25, 0.3) is 0 Å². The van der Waals surface area contributed by atoms with Crippen LogP contribution in [0.15, 0.2) is 48.2 Å². The van der Waals surface area contributed by atoms with Gasteiger partial charge in [0.1, 0.15) is 6.10 Å². The molecule has 0 amide bonds. The van der Waals surface area contributed by atoms with Gasteiger partial charge in [0.2, 0.25) is 0 Å². The van der Waals surface area contributed by atoms with Crippen LogP contribution in [0.3, 0.4) is 0 Å². The first-order chi connectivity index (χ1) is 14.4. The van der Waals surface area contributed by atoms with E-state index in [0.29, 0.717) is 12.5 Å². The Morgan fingerprint density at radius 2 is 2.10 bits per heavy atom. The van der Waals surface area contributed by atoms with Crippen molar-refractivity contribution in [3.8, 4) is 0 Å². The van der Waals surface area contributed by atoms with Gasteiger partial charge < -0.3 is 9.84 Å². The summed E-state index contributed by atoms with van der Waals surface area (Å²) >= 11 is 0. The molecule has 1 aromatic heterocycles. The Balaban J connectivity index is 1.77. The third-order valence-corrected chi connectivity index (χ3v) is 6.98. The minimum Gasteiger partial charge on any atom is -0.386 e. The molecule has 4 nitrogen and oxygen atoms in total. The fourth-order valence-corrected chi connectivity index (χ4v) is 5.67. The molecular formula is C26H40N2O2. The quantitative estimate of drug-likeness (QED) is 0.616. The highest BCUT2D eigenvalue weighted by Crippen LogP contribution is 2.54. The first-order valence-corrected chi connectivity index (χ1v) is 11.7. The molecule has 0 spiro atoms. The molecule has 2 atom stereocenters. The lowest BCUT2D eigenvalue weighted by atomic mass is 9.59. The Labute approximate surface area is 183 Å². The van der Waals surface area contributed by atoms with Gasteiger partial charge in [0.25, 0.3) is 0 Å². The molecule has 0 aromatic carbocycles. The molecule has 4 heteroatoms. The van der Waals surface area contributed by atoms with E-state index in [-0.39, 0.29) is 11.0 Å². The number of pyridine rings is 1. The van der Waals surface area contributed by atoms with Crippen LogP contribution >= 0.6 is 0 Å². The molecule has 2 fully saturated rings. The monoisotopic (exact) mass is 412 g/mol. The summed E-state index contributed by atoms with van der Waals surface area (Å²) in [5.41, 5.74) is 1.83. The Morgan fingerprint density at radius 3 is 2.70 bits per heavy atom. The number of piperidine rings is 1. The fraction of sp³-hybridized carbons (Fsp3) is 0.654. The normalized spacial score (nSPS) is 27.4. The number of aromatic nitrogens is 1. The average molecular weight is 413 g/mol. The fourth-order valence-electron chi connectivity index (χ4n) is 5.67. The molecule has 2 unspecified atom stereocenters. The summed E-state index contributed by atoms with van der Waals surface area (Å²) in [6.07, 6.45) is 13.0. The lowest BCUT2D eigenvalue weighted by molar-refractivity contribution is -0.170. The molecule has 1 aromatic rings.